The fraction of sp³-hybridized carbons (Fsp3) is 0.143. The molecule has 0 saturated carbocycles. The maximum absolute atomic E-state index is 11.9. The minimum atomic E-state index is -0.330. The molecule has 5 heteroatoms. The smallest absolute Gasteiger partial charge is 0.277 e. The van der Waals surface area contributed by atoms with Gasteiger partial charge in [-0.3, -0.25) is 4.79 Å². The van der Waals surface area contributed by atoms with E-state index in [4.69, 9.17) is 9.47 Å². The molecule has 3 aromatic rings. The van der Waals surface area contributed by atoms with Crippen LogP contribution in [0.2, 0.25) is 0 Å². The number of benzene rings is 3. The number of hydrazone groups is 1. The van der Waals surface area contributed by atoms with Crippen LogP contribution in [0.5, 0.6) is 11.5 Å². The molecule has 1 amide bonds. The van der Waals surface area contributed by atoms with Crippen LogP contribution >= 0.6 is 0 Å². The lowest BCUT2D eigenvalue weighted by Crippen LogP contribution is -2.24. The monoisotopic (exact) mass is 348 g/mol. The molecule has 3 aromatic carbocycles. The zero-order chi connectivity index (χ0) is 18.2. The quantitative estimate of drug-likeness (QED) is 0.522. The predicted octanol–water partition coefficient (Wildman–Crippen LogP) is 3.77. The zero-order valence-electron chi connectivity index (χ0n) is 14.5. The average molecular weight is 348 g/mol. The number of hydrogen-bond acceptors (Lipinski definition) is 4. The largest absolute Gasteiger partial charge is 0.493 e. The van der Waals surface area contributed by atoms with Crippen LogP contribution < -0.4 is 14.9 Å². The van der Waals surface area contributed by atoms with E-state index in [1.54, 1.807) is 6.21 Å². The lowest BCUT2D eigenvalue weighted by molar-refractivity contribution is -0.123. The van der Waals surface area contributed by atoms with Gasteiger partial charge in [0.2, 0.25) is 0 Å². The highest BCUT2D eigenvalue weighted by Gasteiger charge is 2.03. The van der Waals surface area contributed by atoms with Crippen molar-refractivity contribution < 1.29 is 14.3 Å². The molecule has 132 valence electrons. The lowest BCUT2D eigenvalue weighted by atomic mass is 10.1. The Balaban J connectivity index is 1.54. The van der Waals surface area contributed by atoms with Gasteiger partial charge in [-0.1, -0.05) is 42.5 Å². The standard InChI is InChI=1S/C21H20N2O3/c1-2-25-20-10-6-5-9-18(20)14-22-23-21(24)15-26-19-12-11-16-7-3-4-8-17(16)13-19/h3-14H,2,15H2,1H3,(H,23,24)/b22-14-. The first-order chi connectivity index (χ1) is 12.8. The van der Waals surface area contributed by atoms with Crippen LogP contribution in [0.15, 0.2) is 71.8 Å². The van der Waals surface area contributed by atoms with Crippen LogP contribution in [0.4, 0.5) is 0 Å². The molecule has 0 aliphatic rings. The van der Waals surface area contributed by atoms with Gasteiger partial charge in [-0.25, -0.2) is 5.43 Å². The number of fused-ring (bicyclic) bond motifs is 1. The van der Waals surface area contributed by atoms with E-state index in [0.717, 1.165) is 22.1 Å². The first-order valence-electron chi connectivity index (χ1n) is 8.41. The van der Waals surface area contributed by atoms with Crippen molar-refractivity contribution in [3.05, 3.63) is 72.3 Å². The average Bonchev–Trinajstić information content (AvgIpc) is 2.68. The van der Waals surface area contributed by atoms with E-state index in [1.165, 1.54) is 0 Å². The first kappa shape index (κ1) is 17.5. The highest BCUT2D eigenvalue weighted by atomic mass is 16.5. The third-order valence-electron chi connectivity index (χ3n) is 3.70. The summed E-state index contributed by atoms with van der Waals surface area (Å²) in [6.45, 7) is 2.37. The fourth-order valence-electron chi connectivity index (χ4n) is 2.49. The van der Waals surface area contributed by atoms with Crippen LogP contribution in [-0.4, -0.2) is 25.3 Å². The molecule has 0 unspecified atom stereocenters. The van der Waals surface area contributed by atoms with Crippen molar-refractivity contribution in [2.24, 2.45) is 5.10 Å². The summed E-state index contributed by atoms with van der Waals surface area (Å²) in [7, 11) is 0. The molecule has 0 spiro atoms. The van der Waals surface area contributed by atoms with E-state index in [1.807, 2.05) is 73.7 Å². The Labute approximate surface area is 152 Å². The first-order valence-corrected chi connectivity index (χ1v) is 8.41. The number of carbonyl (C=O) groups excluding carboxylic acids is 1. The molecule has 0 aliphatic heterocycles. The summed E-state index contributed by atoms with van der Waals surface area (Å²) >= 11 is 0. The summed E-state index contributed by atoms with van der Waals surface area (Å²) in [5.74, 6) is 1.04. The second-order valence-electron chi connectivity index (χ2n) is 5.56. The normalized spacial score (nSPS) is 10.8. The summed E-state index contributed by atoms with van der Waals surface area (Å²) < 4.78 is 11.0. The Hall–Kier alpha value is -3.34. The topological polar surface area (TPSA) is 59.9 Å². The van der Waals surface area contributed by atoms with Gasteiger partial charge in [0.25, 0.3) is 5.91 Å². The molecule has 0 radical (unpaired) electrons. The predicted molar refractivity (Wildman–Crippen MR) is 103 cm³/mol. The van der Waals surface area contributed by atoms with Gasteiger partial charge in [-0.2, -0.15) is 5.10 Å². The minimum absolute atomic E-state index is 0.108. The van der Waals surface area contributed by atoms with E-state index in [2.05, 4.69) is 10.5 Å². The second-order valence-corrected chi connectivity index (χ2v) is 5.56. The van der Waals surface area contributed by atoms with Crippen LogP contribution in [0.25, 0.3) is 10.8 Å². The Morgan fingerprint density at radius 3 is 2.62 bits per heavy atom. The van der Waals surface area contributed by atoms with Gasteiger partial charge in [0, 0.05) is 5.56 Å². The van der Waals surface area contributed by atoms with Gasteiger partial charge in [0.15, 0.2) is 6.61 Å². The molecule has 0 heterocycles. The number of ether oxygens (including phenoxy) is 2. The van der Waals surface area contributed by atoms with Crippen molar-refractivity contribution in [3.63, 3.8) is 0 Å². The Bertz CT molecular complexity index is 922. The fourth-order valence-corrected chi connectivity index (χ4v) is 2.49. The van der Waals surface area contributed by atoms with Gasteiger partial charge in [-0.05, 0) is 42.0 Å². The van der Waals surface area contributed by atoms with Gasteiger partial charge < -0.3 is 9.47 Å². The van der Waals surface area contributed by atoms with Gasteiger partial charge in [0.1, 0.15) is 11.5 Å². The van der Waals surface area contributed by atoms with Gasteiger partial charge >= 0.3 is 0 Å². The van der Waals surface area contributed by atoms with E-state index >= 15 is 0 Å². The molecule has 0 aliphatic carbocycles. The molecule has 1 N–H and O–H groups in total. The summed E-state index contributed by atoms with van der Waals surface area (Å²) in [5, 5.41) is 6.15. The number of hydrogen-bond donors (Lipinski definition) is 1. The van der Waals surface area contributed by atoms with Crippen molar-refractivity contribution in [3.8, 4) is 11.5 Å². The van der Waals surface area contributed by atoms with Gasteiger partial charge in [0.05, 0.1) is 12.8 Å². The lowest BCUT2D eigenvalue weighted by Gasteiger charge is -2.07. The van der Waals surface area contributed by atoms with E-state index in [9.17, 15) is 4.79 Å². The third kappa shape index (κ3) is 4.60. The van der Waals surface area contributed by atoms with Crippen molar-refractivity contribution in [2.45, 2.75) is 6.92 Å². The molecular formula is C21H20N2O3. The Morgan fingerprint density at radius 2 is 1.77 bits per heavy atom. The maximum atomic E-state index is 11.9. The second kappa shape index (κ2) is 8.67. The number of amides is 1. The van der Waals surface area contributed by atoms with Crippen LogP contribution in [0.1, 0.15) is 12.5 Å². The number of carbonyl (C=O) groups is 1. The molecule has 0 saturated heterocycles. The molecule has 26 heavy (non-hydrogen) atoms. The summed E-state index contributed by atoms with van der Waals surface area (Å²) in [4.78, 5) is 11.9. The van der Waals surface area contributed by atoms with Crippen molar-refractivity contribution in [1.82, 2.24) is 5.43 Å². The molecule has 0 fully saturated rings. The van der Waals surface area contributed by atoms with Crippen LogP contribution in [0.3, 0.4) is 0 Å². The third-order valence-corrected chi connectivity index (χ3v) is 3.70. The maximum Gasteiger partial charge on any atom is 0.277 e. The Morgan fingerprint density at radius 1 is 1.00 bits per heavy atom. The minimum Gasteiger partial charge on any atom is -0.493 e. The number of nitrogens with zero attached hydrogens (tertiary/aromatic N) is 1. The summed E-state index contributed by atoms with van der Waals surface area (Å²) in [6.07, 6.45) is 1.55. The number of nitrogens with one attached hydrogen (secondary N) is 1. The van der Waals surface area contributed by atoms with Crippen LogP contribution in [-0.2, 0) is 4.79 Å². The highest BCUT2D eigenvalue weighted by Crippen LogP contribution is 2.20. The van der Waals surface area contributed by atoms with Crippen molar-refractivity contribution >= 4 is 22.9 Å². The number of rotatable bonds is 7. The molecule has 5 nitrogen and oxygen atoms in total. The van der Waals surface area contributed by atoms with Crippen LogP contribution in [0, 0.1) is 0 Å². The molecule has 0 aromatic heterocycles. The molecule has 0 atom stereocenters. The number of para-hydroxylation sites is 1. The van der Waals surface area contributed by atoms with Crippen molar-refractivity contribution in [2.75, 3.05) is 13.2 Å². The Kier molecular flexibility index (Phi) is 5.83. The summed E-state index contributed by atoms with van der Waals surface area (Å²) in [6, 6.07) is 21.2. The zero-order valence-corrected chi connectivity index (χ0v) is 14.5. The van der Waals surface area contributed by atoms with E-state index in [-0.39, 0.29) is 12.5 Å². The van der Waals surface area contributed by atoms with E-state index in [0.29, 0.717) is 12.4 Å². The van der Waals surface area contributed by atoms with Crippen molar-refractivity contribution in [1.29, 1.82) is 0 Å². The van der Waals surface area contributed by atoms with E-state index < -0.39 is 0 Å². The summed E-state index contributed by atoms with van der Waals surface area (Å²) in [5.41, 5.74) is 3.25. The molecule has 0 bridgehead atoms. The van der Waals surface area contributed by atoms with Gasteiger partial charge in [-0.15, -0.1) is 0 Å². The highest BCUT2D eigenvalue weighted by molar-refractivity contribution is 5.86. The molecular weight excluding hydrogens is 328 g/mol. The SMILES string of the molecule is CCOc1ccccc1/C=N\NC(=O)COc1ccc2ccccc2c1. The molecule has 3 rings (SSSR count).